The number of hydrogen-bond acceptors (Lipinski definition) is 3. The van der Waals surface area contributed by atoms with Crippen LogP contribution in [-0.2, 0) is 11.2 Å². The minimum atomic E-state index is -0.113. The SMILES string of the molecule is CCOC1(C(Cc2ccccc2C)NN)CCC(C)CC1. The maximum Gasteiger partial charge on any atom is 0.0851 e. The fourth-order valence-electron chi connectivity index (χ4n) is 3.59. The van der Waals surface area contributed by atoms with Crippen molar-refractivity contribution in [2.75, 3.05) is 6.61 Å². The van der Waals surface area contributed by atoms with E-state index in [1.165, 1.54) is 24.0 Å². The molecule has 1 aromatic carbocycles. The van der Waals surface area contributed by atoms with Gasteiger partial charge >= 0.3 is 0 Å². The van der Waals surface area contributed by atoms with Gasteiger partial charge in [0.15, 0.2) is 0 Å². The molecule has 118 valence electrons. The molecule has 1 aromatic rings. The van der Waals surface area contributed by atoms with Crippen molar-refractivity contribution >= 4 is 0 Å². The average Bonchev–Trinajstić information content (AvgIpc) is 2.49. The highest BCUT2D eigenvalue weighted by Gasteiger charge is 2.41. The van der Waals surface area contributed by atoms with Crippen LogP contribution in [0.3, 0.4) is 0 Å². The van der Waals surface area contributed by atoms with E-state index in [9.17, 15) is 0 Å². The number of ether oxygens (including phenoxy) is 1. The van der Waals surface area contributed by atoms with Crippen LogP contribution in [0.25, 0.3) is 0 Å². The average molecular weight is 290 g/mol. The Bertz CT molecular complexity index is 439. The normalized spacial score (nSPS) is 27.5. The van der Waals surface area contributed by atoms with Gasteiger partial charge in [0.1, 0.15) is 0 Å². The number of benzene rings is 1. The maximum absolute atomic E-state index is 6.24. The van der Waals surface area contributed by atoms with Gasteiger partial charge < -0.3 is 4.74 Å². The molecule has 0 saturated heterocycles. The first kappa shape index (κ1) is 16.5. The van der Waals surface area contributed by atoms with Crippen molar-refractivity contribution in [3.05, 3.63) is 35.4 Å². The summed E-state index contributed by atoms with van der Waals surface area (Å²) >= 11 is 0. The van der Waals surface area contributed by atoms with Crippen molar-refractivity contribution in [2.24, 2.45) is 11.8 Å². The Morgan fingerprint density at radius 3 is 2.57 bits per heavy atom. The van der Waals surface area contributed by atoms with Gasteiger partial charge in [0.2, 0.25) is 0 Å². The fourth-order valence-corrected chi connectivity index (χ4v) is 3.59. The standard InChI is InChI=1S/C18H30N2O/c1-4-21-18(11-9-14(2)10-12-18)17(20-19)13-16-8-6-5-7-15(16)3/h5-8,14,17,20H,4,9-13,19H2,1-3H3. The van der Waals surface area contributed by atoms with Gasteiger partial charge in [-0.15, -0.1) is 0 Å². The number of aryl methyl sites for hydroxylation is 1. The van der Waals surface area contributed by atoms with Crippen LogP contribution in [0.4, 0.5) is 0 Å². The van der Waals surface area contributed by atoms with Gasteiger partial charge in [-0.1, -0.05) is 31.2 Å². The molecule has 1 unspecified atom stereocenters. The molecule has 0 aliphatic heterocycles. The summed E-state index contributed by atoms with van der Waals surface area (Å²) in [6, 6.07) is 8.73. The lowest BCUT2D eigenvalue weighted by Crippen LogP contribution is -2.57. The van der Waals surface area contributed by atoms with Crippen molar-refractivity contribution in [3.8, 4) is 0 Å². The highest BCUT2D eigenvalue weighted by molar-refractivity contribution is 5.27. The summed E-state index contributed by atoms with van der Waals surface area (Å²) in [4.78, 5) is 0. The summed E-state index contributed by atoms with van der Waals surface area (Å²) in [6.07, 6.45) is 5.58. The van der Waals surface area contributed by atoms with Gasteiger partial charge in [0.25, 0.3) is 0 Å². The molecule has 3 N–H and O–H groups in total. The van der Waals surface area contributed by atoms with Crippen LogP contribution in [0.1, 0.15) is 50.7 Å². The van der Waals surface area contributed by atoms with Crippen LogP contribution < -0.4 is 11.3 Å². The third-order valence-corrected chi connectivity index (χ3v) is 5.07. The van der Waals surface area contributed by atoms with Gasteiger partial charge in [-0.05, 0) is 63.0 Å². The summed E-state index contributed by atoms with van der Waals surface area (Å²) in [5.41, 5.74) is 5.64. The molecular formula is C18H30N2O. The zero-order valence-electron chi connectivity index (χ0n) is 13.7. The van der Waals surface area contributed by atoms with E-state index in [0.717, 1.165) is 31.8 Å². The molecule has 0 amide bonds. The third kappa shape index (κ3) is 3.85. The number of nitrogens with two attached hydrogens (primary N) is 1. The van der Waals surface area contributed by atoms with Crippen molar-refractivity contribution in [3.63, 3.8) is 0 Å². The molecule has 3 heteroatoms. The Hall–Kier alpha value is -0.900. The van der Waals surface area contributed by atoms with E-state index in [4.69, 9.17) is 10.6 Å². The summed E-state index contributed by atoms with van der Waals surface area (Å²) in [5, 5.41) is 0. The Kier molecular flexibility index (Phi) is 5.80. The minimum Gasteiger partial charge on any atom is -0.374 e. The Morgan fingerprint density at radius 2 is 2.00 bits per heavy atom. The minimum absolute atomic E-state index is 0.113. The first-order valence-electron chi connectivity index (χ1n) is 8.26. The lowest BCUT2D eigenvalue weighted by molar-refractivity contribution is -0.0961. The molecule has 1 atom stereocenters. The van der Waals surface area contributed by atoms with Gasteiger partial charge in [-0.3, -0.25) is 11.3 Å². The lowest BCUT2D eigenvalue weighted by Gasteiger charge is -2.44. The molecule has 1 saturated carbocycles. The first-order valence-corrected chi connectivity index (χ1v) is 8.26. The molecule has 1 fully saturated rings. The molecule has 1 aliphatic carbocycles. The summed E-state index contributed by atoms with van der Waals surface area (Å²) in [6.45, 7) is 7.34. The molecule has 1 aliphatic rings. The highest BCUT2D eigenvalue weighted by Crippen LogP contribution is 2.38. The second-order valence-corrected chi connectivity index (χ2v) is 6.53. The number of nitrogens with one attached hydrogen (secondary N) is 1. The van der Waals surface area contributed by atoms with Crippen molar-refractivity contribution in [1.29, 1.82) is 0 Å². The van der Waals surface area contributed by atoms with Gasteiger partial charge in [-0.25, -0.2) is 0 Å². The van der Waals surface area contributed by atoms with E-state index >= 15 is 0 Å². The van der Waals surface area contributed by atoms with Crippen LogP contribution in [0.2, 0.25) is 0 Å². The van der Waals surface area contributed by atoms with Crippen molar-refractivity contribution < 1.29 is 4.74 Å². The van der Waals surface area contributed by atoms with E-state index in [-0.39, 0.29) is 11.6 Å². The molecular weight excluding hydrogens is 260 g/mol. The second kappa shape index (κ2) is 7.39. The Balaban J connectivity index is 2.18. The van der Waals surface area contributed by atoms with Gasteiger partial charge in [0, 0.05) is 6.61 Å². The van der Waals surface area contributed by atoms with E-state index in [1.54, 1.807) is 0 Å². The largest absolute Gasteiger partial charge is 0.374 e. The zero-order chi connectivity index (χ0) is 15.3. The molecule has 0 spiro atoms. The summed E-state index contributed by atoms with van der Waals surface area (Å²) in [7, 11) is 0. The first-order chi connectivity index (χ1) is 10.1. The molecule has 0 bridgehead atoms. The Morgan fingerprint density at radius 1 is 1.33 bits per heavy atom. The van der Waals surface area contributed by atoms with Crippen LogP contribution in [0.5, 0.6) is 0 Å². The topological polar surface area (TPSA) is 47.3 Å². The molecule has 0 aromatic heterocycles. The predicted octanol–water partition coefficient (Wildman–Crippen LogP) is 3.35. The quantitative estimate of drug-likeness (QED) is 0.624. The monoisotopic (exact) mass is 290 g/mol. The predicted molar refractivity (Wildman–Crippen MR) is 88.0 cm³/mol. The molecule has 21 heavy (non-hydrogen) atoms. The number of hydrazine groups is 1. The van der Waals surface area contributed by atoms with Gasteiger partial charge in [-0.2, -0.15) is 0 Å². The number of rotatable bonds is 6. The molecule has 0 heterocycles. The number of hydrogen-bond donors (Lipinski definition) is 2. The van der Waals surface area contributed by atoms with E-state index < -0.39 is 0 Å². The van der Waals surface area contributed by atoms with Crippen molar-refractivity contribution in [2.45, 2.75) is 64.5 Å². The third-order valence-electron chi connectivity index (χ3n) is 5.07. The van der Waals surface area contributed by atoms with Crippen LogP contribution in [0, 0.1) is 12.8 Å². The molecule has 2 rings (SSSR count). The van der Waals surface area contributed by atoms with Crippen LogP contribution >= 0.6 is 0 Å². The highest BCUT2D eigenvalue weighted by atomic mass is 16.5. The summed E-state index contributed by atoms with van der Waals surface area (Å²) < 4.78 is 6.24. The maximum atomic E-state index is 6.24. The molecule has 3 nitrogen and oxygen atoms in total. The van der Waals surface area contributed by atoms with Crippen molar-refractivity contribution in [1.82, 2.24) is 5.43 Å². The second-order valence-electron chi connectivity index (χ2n) is 6.53. The smallest absolute Gasteiger partial charge is 0.0851 e. The van der Waals surface area contributed by atoms with E-state index in [0.29, 0.717) is 0 Å². The van der Waals surface area contributed by atoms with E-state index in [2.05, 4.69) is 50.5 Å². The van der Waals surface area contributed by atoms with Gasteiger partial charge in [0.05, 0.1) is 11.6 Å². The summed E-state index contributed by atoms with van der Waals surface area (Å²) in [5.74, 6) is 6.72. The van der Waals surface area contributed by atoms with Crippen LogP contribution in [0.15, 0.2) is 24.3 Å². The van der Waals surface area contributed by atoms with Crippen LogP contribution in [-0.4, -0.2) is 18.2 Å². The zero-order valence-corrected chi connectivity index (χ0v) is 13.7. The Labute approximate surface area is 129 Å². The fraction of sp³-hybridized carbons (Fsp3) is 0.667. The van der Waals surface area contributed by atoms with E-state index in [1.807, 2.05) is 0 Å². The lowest BCUT2D eigenvalue weighted by atomic mass is 9.73. The molecule has 0 radical (unpaired) electrons.